The van der Waals surface area contributed by atoms with E-state index in [0.29, 0.717) is 18.4 Å². The average Bonchev–Trinajstić information content (AvgIpc) is 3.10. The molecule has 0 spiro atoms. The molecule has 0 aromatic carbocycles. The topological polar surface area (TPSA) is 49.4 Å². The number of carbonyl (C=O) groups is 2. The summed E-state index contributed by atoms with van der Waals surface area (Å²) in [5.74, 6) is 0.0928. The minimum absolute atomic E-state index is 0.00267. The Morgan fingerprint density at radius 2 is 1.95 bits per heavy atom. The molecule has 0 aromatic rings. The third kappa shape index (κ3) is 3.10. The highest BCUT2D eigenvalue weighted by molar-refractivity contribution is 5.90. The normalized spacial score (nSPS) is 26.9. The van der Waals surface area contributed by atoms with E-state index < -0.39 is 6.04 Å². The Labute approximate surface area is 115 Å². The molecule has 1 aliphatic carbocycles. The molecule has 1 atom stereocenters. The molecule has 0 aromatic heterocycles. The Morgan fingerprint density at radius 3 is 2.42 bits per heavy atom. The maximum Gasteiger partial charge on any atom is 0.245 e. The molecule has 1 saturated heterocycles. The van der Waals surface area contributed by atoms with E-state index in [9.17, 15) is 9.59 Å². The largest absolute Gasteiger partial charge is 0.344 e. The molecule has 2 aliphatic rings. The molecule has 0 radical (unpaired) electrons. The molecule has 1 heterocycles. The maximum absolute atomic E-state index is 12.7. The van der Waals surface area contributed by atoms with Gasteiger partial charge in [0, 0.05) is 19.5 Å². The molecule has 2 fully saturated rings. The van der Waals surface area contributed by atoms with E-state index in [1.165, 1.54) is 12.8 Å². The highest BCUT2D eigenvalue weighted by atomic mass is 16.2. The zero-order valence-corrected chi connectivity index (χ0v) is 12.6. The summed E-state index contributed by atoms with van der Waals surface area (Å²) in [6.45, 7) is 9.60. The van der Waals surface area contributed by atoms with Crippen LogP contribution in [0.25, 0.3) is 0 Å². The summed E-state index contributed by atoms with van der Waals surface area (Å²) >= 11 is 0. The van der Waals surface area contributed by atoms with E-state index in [1.807, 2.05) is 25.7 Å². The second kappa shape index (κ2) is 4.80. The van der Waals surface area contributed by atoms with Crippen molar-refractivity contribution in [3.8, 4) is 0 Å². The summed E-state index contributed by atoms with van der Waals surface area (Å²) in [6, 6.07) is -0.393. The zero-order chi connectivity index (χ0) is 14.3. The monoisotopic (exact) mass is 266 g/mol. The second-order valence-electron chi connectivity index (χ2n) is 7.23. The number of nitrogens with one attached hydrogen (secondary N) is 1. The lowest BCUT2D eigenvalue weighted by molar-refractivity contribution is -0.137. The highest BCUT2D eigenvalue weighted by Crippen LogP contribution is 2.49. The molecule has 4 heteroatoms. The standard InChI is InChI=1S/C15H26N2O2/c1-5-15(7-8-15)10-17-9-6-11(18)16-12(13(17)19)14(2,3)4/h12H,5-10H2,1-4H3,(H,16,18). The van der Waals surface area contributed by atoms with Gasteiger partial charge in [-0.3, -0.25) is 9.59 Å². The van der Waals surface area contributed by atoms with Gasteiger partial charge in [-0.2, -0.15) is 0 Å². The van der Waals surface area contributed by atoms with E-state index >= 15 is 0 Å². The van der Waals surface area contributed by atoms with Crippen LogP contribution in [0.2, 0.25) is 0 Å². The highest BCUT2D eigenvalue weighted by Gasteiger charge is 2.45. The van der Waals surface area contributed by atoms with Crippen molar-refractivity contribution in [3.63, 3.8) is 0 Å². The van der Waals surface area contributed by atoms with Crippen LogP contribution in [-0.4, -0.2) is 35.8 Å². The first kappa shape index (κ1) is 14.4. The summed E-state index contributed by atoms with van der Waals surface area (Å²) in [4.78, 5) is 26.4. The van der Waals surface area contributed by atoms with Gasteiger partial charge in [0.2, 0.25) is 11.8 Å². The number of carbonyl (C=O) groups excluding carboxylic acids is 2. The summed E-state index contributed by atoms with van der Waals surface area (Å²) in [6.07, 6.45) is 3.99. The lowest BCUT2D eigenvalue weighted by Crippen LogP contribution is -2.52. The summed E-state index contributed by atoms with van der Waals surface area (Å²) < 4.78 is 0. The van der Waals surface area contributed by atoms with Crippen molar-refractivity contribution in [2.24, 2.45) is 10.8 Å². The van der Waals surface area contributed by atoms with Gasteiger partial charge >= 0.3 is 0 Å². The van der Waals surface area contributed by atoms with Crippen molar-refractivity contribution in [2.75, 3.05) is 13.1 Å². The van der Waals surface area contributed by atoms with Crippen molar-refractivity contribution in [1.82, 2.24) is 10.2 Å². The fraction of sp³-hybridized carbons (Fsp3) is 0.867. The Hall–Kier alpha value is -1.06. The first-order valence-corrected chi connectivity index (χ1v) is 7.36. The second-order valence-corrected chi connectivity index (χ2v) is 7.23. The van der Waals surface area contributed by atoms with E-state index in [1.54, 1.807) is 0 Å². The number of amides is 2. The van der Waals surface area contributed by atoms with Crippen LogP contribution >= 0.6 is 0 Å². The predicted molar refractivity (Wildman–Crippen MR) is 74.5 cm³/mol. The predicted octanol–water partition coefficient (Wildman–Crippen LogP) is 1.94. The Morgan fingerprint density at radius 1 is 1.32 bits per heavy atom. The van der Waals surface area contributed by atoms with Crippen molar-refractivity contribution < 1.29 is 9.59 Å². The third-order valence-electron chi connectivity index (χ3n) is 4.57. The number of rotatable bonds is 3. The van der Waals surface area contributed by atoms with Gasteiger partial charge in [0.25, 0.3) is 0 Å². The van der Waals surface area contributed by atoms with Gasteiger partial charge in [-0.05, 0) is 30.1 Å². The third-order valence-corrected chi connectivity index (χ3v) is 4.57. The van der Waals surface area contributed by atoms with Gasteiger partial charge in [-0.15, -0.1) is 0 Å². The van der Waals surface area contributed by atoms with Crippen molar-refractivity contribution >= 4 is 11.8 Å². The van der Waals surface area contributed by atoms with Crippen LogP contribution in [0.3, 0.4) is 0 Å². The SMILES string of the molecule is CCC1(CN2CCC(=O)NC(C(C)(C)C)C2=O)CC1. The number of hydrogen-bond donors (Lipinski definition) is 1. The minimum Gasteiger partial charge on any atom is -0.344 e. The average molecular weight is 266 g/mol. The van der Waals surface area contributed by atoms with E-state index in [2.05, 4.69) is 12.2 Å². The molecule has 1 unspecified atom stereocenters. The lowest BCUT2D eigenvalue weighted by Gasteiger charge is -2.33. The minimum atomic E-state index is -0.393. The smallest absolute Gasteiger partial charge is 0.245 e. The molecule has 4 nitrogen and oxygen atoms in total. The Bertz CT molecular complexity index is 380. The summed E-state index contributed by atoms with van der Waals surface area (Å²) in [5.41, 5.74) is 0.101. The fourth-order valence-corrected chi connectivity index (χ4v) is 2.77. The lowest BCUT2D eigenvalue weighted by atomic mass is 9.85. The molecule has 1 saturated carbocycles. The van der Waals surface area contributed by atoms with E-state index in [-0.39, 0.29) is 17.2 Å². The molecule has 1 aliphatic heterocycles. The zero-order valence-electron chi connectivity index (χ0n) is 12.6. The molecule has 19 heavy (non-hydrogen) atoms. The summed E-state index contributed by atoms with van der Waals surface area (Å²) in [5, 5.41) is 2.89. The van der Waals surface area contributed by atoms with Crippen LogP contribution in [0.15, 0.2) is 0 Å². The van der Waals surface area contributed by atoms with Crippen molar-refractivity contribution in [2.45, 2.75) is 59.4 Å². The Kier molecular flexibility index (Phi) is 3.63. The molecule has 2 rings (SSSR count). The van der Waals surface area contributed by atoms with Crippen molar-refractivity contribution in [1.29, 1.82) is 0 Å². The van der Waals surface area contributed by atoms with Gasteiger partial charge in [0.05, 0.1) is 0 Å². The van der Waals surface area contributed by atoms with E-state index in [0.717, 1.165) is 13.0 Å². The quantitative estimate of drug-likeness (QED) is 0.848. The molecular weight excluding hydrogens is 240 g/mol. The van der Waals surface area contributed by atoms with E-state index in [4.69, 9.17) is 0 Å². The Balaban J connectivity index is 2.14. The molecule has 1 N–H and O–H groups in total. The molecule has 0 bridgehead atoms. The van der Waals surface area contributed by atoms with Crippen LogP contribution in [0.1, 0.15) is 53.4 Å². The van der Waals surface area contributed by atoms with Gasteiger partial charge in [-0.25, -0.2) is 0 Å². The molecule has 2 amide bonds. The van der Waals surface area contributed by atoms with Gasteiger partial charge in [0.15, 0.2) is 0 Å². The fourth-order valence-electron chi connectivity index (χ4n) is 2.77. The van der Waals surface area contributed by atoms with Gasteiger partial charge < -0.3 is 10.2 Å². The van der Waals surface area contributed by atoms with Crippen molar-refractivity contribution in [3.05, 3.63) is 0 Å². The maximum atomic E-state index is 12.7. The first-order valence-electron chi connectivity index (χ1n) is 7.36. The van der Waals surface area contributed by atoms with Crippen LogP contribution < -0.4 is 5.32 Å². The van der Waals surface area contributed by atoms with Crippen LogP contribution in [0.5, 0.6) is 0 Å². The number of nitrogens with zero attached hydrogens (tertiary/aromatic N) is 1. The molecule has 108 valence electrons. The summed E-state index contributed by atoms with van der Waals surface area (Å²) in [7, 11) is 0. The van der Waals surface area contributed by atoms with Gasteiger partial charge in [0.1, 0.15) is 6.04 Å². The van der Waals surface area contributed by atoms with Gasteiger partial charge in [-0.1, -0.05) is 27.7 Å². The van der Waals surface area contributed by atoms with Crippen LogP contribution in [0, 0.1) is 10.8 Å². The van der Waals surface area contributed by atoms with Crippen LogP contribution in [0.4, 0.5) is 0 Å². The molecular formula is C15H26N2O2. The van der Waals surface area contributed by atoms with Crippen LogP contribution in [-0.2, 0) is 9.59 Å². The number of hydrogen-bond acceptors (Lipinski definition) is 2. The first-order chi connectivity index (χ1) is 8.77.